The van der Waals surface area contributed by atoms with Gasteiger partial charge in [0.15, 0.2) is 0 Å². The molecule has 100 valence electrons. The molecule has 4 heteroatoms. The number of amides is 1. The number of likely N-dealkylation sites (N-methyl/N-ethyl adjacent to an activating group) is 1. The lowest BCUT2D eigenvalue weighted by molar-refractivity contribution is -0.131. The highest BCUT2D eigenvalue weighted by atomic mass is 16.5. The van der Waals surface area contributed by atoms with E-state index in [0.717, 1.165) is 26.1 Å². The van der Waals surface area contributed by atoms with Gasteiger partial charge in [-0.3, -0.25) is 4.79 Å². The van der Waals surface area contributed by atoms with Crippen LogP contribution in [0.4, 0.5) is 0 Å². The number of hydrogen-bond donors (Lipinski definition) is 1. The Morgan fingerprint density at radius 2 is 2.18 bits per heavy atom. The van der Waals surface area contributed by atoms with Crippen LogP contribution in [0.15, 0.2) is 0 Å². The number of likely N-dealkylation sites (tertiary alicyclic amines) is 1. The summed E-state index contributed by atoms with van der Waals surface area (Å²) in [5.74, 6) is 0.00266. The molecule has 1 unspecified atom stereocenters. The molecule has 1 fully saturated rings. The highest BCUT2D eigenvalue weighted by Crippen LogP contribution is 2.10. The number of rotatable bonds is 4. The molecule has 1 amide bonds. The zero-order valence-electron chi connectivity index (χ0n) is 11.6. The molecule has 0 aromatic rings. The topological polar surface area (TPSA) is 41.6 Å². The first kappa shape index (κ1) is 14.5. The van der Waals surface area contributed by atoms with E-state index in [0.29, 0.717) is 6.04 Å². The van der Waals surface area contributed by atoms with Crippen molar-refractivity contribution in [2.75, 3.05) is 26.2 Å². The molecule has 0 bridgehead atoms. The van der Waals surface area contributed by atoms with Crippen molar-refractivity contribution >= 4 is 5.91 Å². The van der Waals surface area contributed by atoms with Gasteiger partial charge >= 0.3 is 0 Å². The van der Waals surface area contributed by atoms with Crippen LogP contribution in [0.5, 0.6) is 0 Å². The summed E-state index contributed by atoms with van der Waals surface area (Å²) in [6.07, 6.45) is 2.25. The molecule has 4 nitrogen and oxygen atoms in total. The van der Waals surface area contributed by atoms with Crippen LogP contribution in [0.1, 0.15) is 40.5 Å². The molecule has 1 aliphatic heterocycles. The van der Waals surface area contributed by atoms with Crippen LogP contribution >= 0.6 is 0 Å². The first-order valence-corrected chi connectivity index (χ1v) is 6.56. The Hall–Kier alpha value is -0.610. The quantitative estimate of drug-likeness (QED) is 0.810. The Kier molecular flexibility index (Phi) is 5.40. The number of ether oxygens (including phenoxy) is 1. The van der Waals surface area contributed by atoms with E-state index in [-0.39, 0.29) is 18.1 Å². The van der Waals surface area contributed by atoms with Crippen molar-refractivity contribution in [2.24, 2.45) is 0 Å². The minimum atomic E-state index is -0.251. The van der Waals surface area contributed by atoms with Gasteiger partial charge in [-0.25, -0.2) is 0 Å². The van der Waals surface area contributed by atoms with E-state index in [1.165, 1.54) is 6.42 Å². The van der Waals surface area contributed by atoms with Crippen molar-refractivity contribution in [3.05, 3.63) is 0 Å². The second kappa shape index (κ2) is 6.36. The highest BCUT2D eigenvalue weighted by molar-refractivity contribution is 5.77. The summed E-state index contributed by atoms with van der Waals surface area (Å²) in [7, 11) is 0. The number of nitrogens with one attached hydrogen (secondary N) is 1. The van der Waals surface area contributed by atoms with Gasteiger partial charge in [0.05, 0.1) is 5.60 Å². The third kappa shape index (κ3) is 6.03. The molecule has 1 heterocycles. The molecule has 0 spiro atoms. The molecule has 0 saturated carbocycles. The maximum absolute atomic E-state index is 11.7. The van der Waals surface area contributed by atoms with Gasteiger partial charge in [0.25, 0.3) is 0 Å². The predicted octanol–water partition coefficient (Wildman–Crippen LogP) is 1.40. The van der Waals surface area contributed by atoms with Crippen molar-refractivity contribution in [3.8, 4) is 0 Å². The number of piperidine rings is 1. The Balaban J connectivity index is 2.26. The second-order valence-corrected chi connectivity index (χ2v) is 5.70. The Bertz CT molecular complexity index is 248. The van der Waals surface area contributed by atoms with Crippen LogP contribution in [0.3, 0.4) is 0 Å². The van der Waals surface area contributed by atoms with E-state index < -0.39 is 0 Å². The fourth-order valence-electron chi connectivity index (χ4n) is 2.01. The van der Waals surface area contributed by atoms with E-state index in [9.17, 15) is 4.79 Å². The van der Waals surface area contributed by atoms with E-state index >= 15 is 0 Å². The zero-order valence-corrected chi connectivity index (χ0v) is 11.6. The van der Waals surface area contributed by atoms with Gasteiger partial charge < -0.3 is 15.0 Å². The fraction of sp³-hybridized carbons (Fsp3) is 0.923. The number of carbonyl (C=O) groups excluding carboxylic acids is 1. The molecule has 1 saturated heterocycles. The third-order valence-corrected chi connectivity index (χ3v) is 2.95. The van der Waals surface area contributed by atoms with Crippen LogP contribution in [0.2, 0.25) is 0 Å². The Morgan fingerprint density at radius 3 is 2.76 bits per heavy atom. The van der Waals surface area contributed by atoms with Gasteiger partial charge in [-0.1, -0.05) is 6.92 Å². The first-order chi connectivity index (χ1) is 7.90. The minimum absolute atomic E-state index is 0.00266. The normalized spacial score (nSPS) is 22.5. The summed E-state index contributed by atoms with van der Waals surface area (Å²) in [4.78, 5) is 14.1. The summed E-state index contributed by atoms with van der Waals surface area (Å²) >= 11 is 0. The van der Waals surface area contributed by atoms with Gasteiger partial charge in [-0.2, -0.15) is 0 Å². The molecular weight excluding hydrogens is 216 g/mol. The van der Waals surface area contributed by atoms with Crippen LogP contribution in [0.25, 0.3) is 0 Å². The van der Waals surface area contributed by atoms with Crippen molar-refractivity contribution in [2.45, 2.75) is 52.2 Å². The summed E-state index contributed by atoms with van der Waals surface area (Å²) in [5.41, 5.74) is -0.251. The van der Waals surface area contributed by atoms with Crippen molar-refractivity contribution in [1.82, 2.24) is 10.2 Å². The predicted molar refractivity (Wildman–Crippen MR) is 69.0 cm³/mol. The third-order valence-electron chi connectivity index (χ3n) is 2.95. The van der Waals surface area contributed by atoms with E-state index in [1.54, 1.807) is 0 Å². The van der Waals surface area contributed by atoms with Gasteiger partial charge in [0.1, 0.15) is 6.61 Å². The number of hydrogen-bond acceptors (Lipinski definition) is 3. The summed E-state index contributed by atoms with van der Waals surface area (Å²) in [6, 6.07) is 0.291. The SMILES string of the molecule is CCN1CCCC(NC(=O)COC(C)(C)C)C1. The lowest BCUT2D eigenvalue weighted by atomic mass is 10.1. The van der Waals surface area contributed by atoms with Crippen molar-refractivity contribution < 1.29 is 9.53 Å². The van der Waals surface area contributed by atoms with Crippen molar-refractivity contribution in [3.63, 3.8) is 0 Å². The highest BCUT2D eigenvalue weighted by Gasteiger charge is 2.21. The van der Waals surface area contributed by atoms with Gasteiger partial charge in [0.2, 0.25) is 5.91 Å². The summed E-state index contributed by atoms with van der Waals surface area (Å²) in [5, 5.41) is 3.05. The van der Waals surface area contributed by atoms with Crippen LogP contribution in [0, 0.1) is 0 Å². The number of nitrogens with zero attached hydrogens (tertiary/aromatic N) is 1. The zero-order chi connectivity index (χ0) is 12.9. The molecule has 1 aliphatic rings. The average Bonchev–Trinajstić information content (AvgIpc) is 2.26. The van der Waals surface area contributed by atoms with Gasteiger partial charge in [-0.05, 0) is 46.7 Å². The minimum Gasteiger partial charge on any atom is -0.366 e. The molecule has 17 heavy (non-hydrogen) atoms. The van der Waals surface area contributed by atoms with Gasteiger partial charge in [0, 0.05) is 12.6 Å². The lowest BCUT2D eigenvalue weighted by Gasteiger charge is -2.32. The average molecular weight is 242 g/mol. The van der Waals surface area contributed by atoms with Crippen molar-refractivity contribution in [1.29, 1.82) is 0 Å². The largest absolute Gasteiger partial charge is 0.366 e. The second-order valence-electron chi connectivity index (χ2n) is 5.70. The van der Waals surface area contributed by atoms with Crippen LogP contribution in [-0.2, 0) is 9.53 Å². The first-order valence-electron chi connectivity index (χ1n) is 6.56. The van der Waals surface area contributed by atoms with E-state index in [2.05, 4.69) is 17.1 Å². The Labute approximate surface area is 105 Å². The lowest BCUT2D eigenvalue weighted by Crippen LogP contribution is -2.48. The molecular formula is C13H26N2O2. The van der Waals surface area contributed by atoms with Gasteiger partial charge in [-0.15, -0.1) is 0 Å². The molecule has 0 radical (unpaired) electrons. The van der Waals surface area contributed by atoms with E-state index in [4.69, 9.17) is 4.74 Å². The Morgan fingerprint density at radius 1 is 1.47 bits per heavy atom. The molecule has 0 aromatic heterocycles. The smallest absolute Gasteiger partial charge is 0.246 e. The summed E-state index contributed by atoms with van der Waals surface area (Å²) < 4.78 is 5.46. The maximum atomic E-state index is 11.7. The monoisotopic (exact) mass is 242 g/mol. The fourth-order valence-corrected chi connectivity index (χ4v) is 2.01. The van der Waals surface area contributed by atoms with Crippen LogP contribution < -0.4 is 5.32 Å². The van der Waals surface area contributed by atoms with E-state index in [1.807, 2.05) is 20.8 Å². The molecule has 0 aliphatic carbocycles. The molecule has 1 atom stereocenters. The van der Waals surface area contributed by atoms with Crippen LogP contribution in [-0.4, -0.2) is 48.7 Å². The summed E-state index contributed by atoms with van der Waals surface area (Å²) in [6.45, 7) is 11.4. The molecule has 1 rings (SSSR count). The maximum Gasteiger partial charge on any atom is 0.246 e. The molecule has 0 aromatic carbocycles. The molecule has 1 N–H and O–H groups in total. The number of carbonyl (C=O) groups is 1. The standard InChI is InChI=1S/C13H26N2O2/c1-5-15-8-6-7-11(9-15)14-12(16)10-17-13(2,3)4/h11H,5-10H2,1-4H3,(H,14,16).